The molecule has 5 nitrogen and oxygen atoms in total. The van der Waals surface area contributed by atoms with Crippen molar-refractivity contribution < 1.29 is 9.90 Å². The van der Waals surface area contributed by atoms with E-state index >= 15 is 0 Å². The number of benzene rings is 1. The van der Waals surface area contributed by atoms with Crippen molar-refractivity contribution in [3.05, 3.63) is 77.0 Å². The van der Waals surface area contributed by atoms with Gasteiger partial charge in [0, 0.05) is 24.2 Å². The number of nitrogens with zero attached hydrogens (tertiary/aromatic N) is 2. The first-order chi connectivity index (χ1) is 11.1. The van der Waals surface area contributed by atoms with Gasteiger partial charge >= 0.3 is 6.09 Å². The molecule has 23 heavy (non-hydrogen) atoms. The predicted octanol–water partition coefficient (Wildman–Crippen LogP) is 3.41. The SMILES string of the molecule is Cc1c(-c2ccc(-c3ccncc3)cc2)ccn(C(=O)O)c1=O. The van der Waals surface area contributed by atoms with Crippen LogP contribution in [0.4, 0.5) is 4.79 Å². The Morgan fingerprint density at radius 1 is 0.957 bits per heavy atom. The lowest BCUT2D eigenvalue weighted by atomic mass is 9.99. The molecule has 0 aliphatic carbocycles. The number of carboxylic acid groups (broad SMARTS) is 1. The molecule has 114 valence electrons. The van der Waals surface area contributed by atoms with Gasteiger partial charge in [-0.3, -0.25) is 9.78 Å². The molecule has 5 heteroatoms. The van der Waals surface area contributed by atoms with Crippen molar-refractivity contribution in [2.45, 2.75) is 6.92 Å². The van der Waals surface area contributed by atoms with E-state index in [1.54, 1.807) is 25.4 Å². The summed E-state index contributed by atoms with van der Waals surface area (Å²) in [6, 6.07) is 13.3. The van der Waals surface area contributed by atoms with E-state index in [0.29, 0.717) is 10.1 Å². The first-order valence-electron chi connectivity index (χ1n) is 7.04. The Kier molecular flexibility index (Phi) is 3.76. The second-order valence-corrected chi connectivity index (χ2v) is 5.13. The van der Waals surface area contributed by atoms with E-state index in [9.17, 15) is 9.59 Å². The van der Waals surface area contributed by atoms with Crippen molar-refractivity contribution in [1.82, 2.24) is 9.55 Å². The first kappa shape index (κ1) is 14.7. The van der Waals surface area contributed by atoms with Gasteiger partial charge in [0.1, 0.15) is 0 Å². The van der Waals surface area contributed by atoms with Gasteiger partial charge in [-0.1, -0.05) is 24.3 Å². The number of hydrogen-bond acceptors (Lipinski definition) is 3. The van der Waals surface area contributed by atoms with Crippen molar-refractivity contribution in [1.29, 1.82) is 0 Å². The summed E-state index contributed by atoms with van der Waals surface area (Å²) in [6.45, 7) is 1.63. The first-order valence-corrected chi connectivity index (χ1v) is 7.04. The van der Waals surface area contributed by atoms with Crippen LogP contribution < -0.4 is 5.56 Å². The largest absolute Gasteiger partial charge is 0.464 e. The smallest absolute Gasteiger partial charge is 0.418 e. The third-order valence-corrected chi connectivity index (χ3v) is 3.75. The molecule has 3 rings (SSSR count). The maximum absolute atomic E-state index is 12.1. The van der Waals surface area contributed by atoms with Crippen LogP contribution in [-0.4, -0.2) is 20.8 Å². The quantitative estimate of drug-likeness (QED) is 0.787. The summed E-state index contributed by atoms with van der Waals surface area (Å²) < 4.78 is 0.685. The molecule has 1 N–H and O–H groups in total. The summed E-state index contributed by atoms with van der Waals surface area (Å²) in [4.78, 5) is 27.0. The molecule has 0 unspecified atom stereocenters. The lowest BCUT2D eigenvalue weighted by Gasteiger charge is -2.09. The summed E-state index contributed by atoms with van der Waals surface area (Å²) in [5.74, 6) is 0. The normalized spacial score (nSPS) is 10.5. The molecule has 3 aromatic rings. The van der Waals surface area contributed by atoms with E-state index in [1.165, 1.54) is 6.20 Å². The van der Waals surface area contributed by atoms with Crippen LogP contribution in [0.5, 0.6) is 0 Å². The Bertz CT molecular complexity index is 913. The third kappa shape index (κ3) is 2.76. The van der Waals surface area contributed by atoms with Crippen LogP contribution >= 0.6 is 0 Å². The Labute approximate surface area is 132 Å². The lowest BCUT2D eigenvalue weighted by molar-refractivity contribution is 0.195. The molecule has 0 aliphatic rings. The fourth-order valence-electron chi connectivity index (χ4n) is 2.49. The van der Waals surface area contributed by atoms with E-state index in [0.717, 1.165) is 22.3 Å². The number of aromatic nitrogens is 2. The predicted molar refractivity (Wildman–Crippen MR) is 87.5 cm³/mol. The second-order valence-electron chi connectivity index (χ2n) is 5.13. The zero-order valence-electron chi connectivity index (χ0n) is 12.4. The maximum atomic E-state index is 12.1. The summed E-state index contributed by atoms with van der Waals surface area (Å²) >= 11 is 0. The van der Waals surface area contributed by atoms with Crippen LogP contribution in [0.2, 0.25) is 0 Å². The van der Waals surface area contributed by atoms with Gasteiger partial charge in [0.2, 0.25) is 0 Å². The molecule has 0 spiro atoms. The highest BCUT2D eigenvalue weighted by atomic mass is 16.4. The minimum atomic E-state index is -1.28. The van der Waals surface area contributed by atoms with Crippen LogP contribution in [0, 0.1) is 6.92 Å². The second kappa shape index (κ2) is 5.88. The van der Waals surface area contributed by atoms with E-state index in [1.807, 2.05) is 36.4 Å². The monoisotopic (exact) mass is 306 g/mol. The molecule has 0 aliphatic heterocycles. The number of hydrogen-bond donors (Lipinski definition) is 1. The molecule has 0 radical (unpaired) electrons. The minimum Gasteiger partial charge on any atom is -0.464 e. The van der Waals surface area contributed by atoms with Gasteiger partial charge in [0.05, 0.1) is 0 Å². The van der Waals surface area contributed by atoms with Gasteiger partial charge in [-0.05, 0) is 47.4 Å². The summed E-state index contributed by atoms with van der Waals surface area (Å²) in [6.07, 6.45) is 3.47. The topological polar surface area (TPSA) is 72.2 Å². The van der Waals surface area contributed by atoms with E-state index in [4.69, 9.17) is 5.11 Å². The standard InChI is InChI=1S/C18H14N2O3/c1-12-16(8-11-20(17(12)21)18(22)23)15-4-2-13(3-5-15)14-6-9-19-10-7-14/h2-11H,1H3,(H,22,23). The van der Waals surface area contributed by atoms with E-state index in [-0.39, 0.29) is 0 Å². The van der Waals surface area contributed by atoms with Crippen molar-refractivity contribution in [3.63, 3.8) is 0 Å². The van der Waals surface area contributed by atoms with Crippen LogP contribution in [0.3, 0.4) is 0 Å². The summed E-state index contributed by atoms with van der Waals surface area (Å²) in [5.41, 5.74) is 3.60. The van der Waals surface area contributed by atoms with Crippen LogP contribution in [-0.2, 0) is 0 Å². The Hall–Kier alpha value is -3.21. The third-order valence-electron chi connectivity index (χ3n) is 3.75. The highest BCUT2D eigenvalue weighted by molar-refractivity contribution is 5.74. The molecule has 1 aromatic carbocycles. The molecule has 0 saturated heterocycles. The van der Waals surface area contributed by atoms with Gasteiger partial charge in [0.25, 0.3) is 5.56 Å². The molecule has 2 heterocycles. The highest BCUT2D eigenvalue weighted by Crippen LogP contribution is 2.25. The minimum absolute atomic E-state index is 0.409. The highest BCUT2D eigenvalue weighted by Gasteiger charge is 2.11. The molecular weight excluding hydrogens is 292 g/mol. The van der Waals surface area contributed by atoms with Crippen LogP contribution in [0.1, 0.15) is 5.56 Å². The number of rotatable bonds is 2. The molecule has 0 fully saturated rings. The number of carbonyl (C=O) groups is 1. The molecular formula is C18H14N2O3. The van der Waals surface area contributed by atoms with Gasteiger partial charge < -0.3 is 5.11 Å². The van der Waals surface area contributed by atoms with E-state index in [2.05, 4.69) is 4.98 Å². The fourth-order valence-corrected chi connectivity index (χ4v) is 2.49. The lowest BCUT2D eigenvalue weighted by Crippen LogP contribution is -2.27. The molecule has 2 aromatic heterocycles. The van der Waals surface area contributed by atoms with E-state index < -0.39 is 11.7 Å². The average molecular weight is 306 g/mol. The molecule has 0 amide bonds. The van der Waals surface area contributed by atoms with Crippen molar-refractivity contribution >= 4 is 6.09 Å². The van der Waals surface area contributed by atoms with Gasteiger partial charge in [-0.15, -0.1) is 0 Å². The average Bonchev–Trinajstić information content (AvgIpc) is 2.58. The van der Waals surface area contributed by atoms with Gasteiger partial charge in [-0.25, -0.2) is 9.36 Å². The Balaban J connectivity index is 2.02. The fraction of sp³-hybridized carbons (Fsp3) is 0.0556. The van der Waals surface area contributed by atoms with Gasteiger partial charge in [0.15, 0.2) is 0 Å². The number of pyridine rings is 2. The van der Waals surface area contributed by atoms with Crippen LogP contribution in [0.25, 0.3) is 22.3 Å². The zero-order valence-corrected chi connectivity index (χ0v) is 12.4. The Morgan fingerprint density at radius 2 is 1.52 bits per heavy atom. The molecule has 0 bridgehead atoms. The molecule has 0 saturated carbocycles. The van der Waals surface area contributed by atoms with Crippen molar-refractivity contribution in [2.24, 2.45) is 0 Å². The van der Waals surface area contributed by atoms with Crippen LogP contribution in [0.15, 0.2) is 65.8 Å². The van der Waals surface area contributed by atoms with Crippen molar-refractivity contribution in [3.8, 4) is 22.3 Å². The van der Waals surface area contributed by atoms with Crippen molar-refractivity contribution in [2.75, 3.05) is 0 Å². The summed E-state index contributed by atoms with van der Waals surface area (Å²) in [5, 5.41) is 8.97. The molecule has 0 atom stereocenters. The summed E-state index contributed by atoms with van der Waals surface area (Å²) in [7, 11) is 0. The van der Waals surface area contributed by atoms with Gasteiger partial charge in [-0.2, -0.15) is 0 Å². The zero-order chi connectivity index (χ0) is 16.4. The Morgan fingerprint density at radius 3 is 2.13 bits per heavy atom. The maximum Gasteiger partial charge on any atom is 0.418 e.